The van der Waals surface area contributed by atoms with Crippen LogP contribution in [0.2, 0.25) is 0 Å². The molecular formula is C7H10N2OS. The molecule has 1 heterocycles. The molecule has 0 saturated carbocycles. The number of rotatable bonds is 3. The van der Waals surface area contributed by atoms with Crippen LogP contribution in [0, 0.1) is 0 Å². The highest BCUT2D eigenvalue weighted by atomic mass is 32.1. The Morgan fingerprint density at radius 3 is 3.09 bits per heavy atom. The summed E-state index contributed by atoms with van der Waals surface area (Å²) in [7, 11) is 0. The second kappa shape index (κ2) is 3.39. The molecule has 60 valence electrons. The minimum absolute atomic E-state index is 0.542. The van der Waals surface area contributed by atoms with Crippen LogP contribution in [-0.4, -0.2) is 11.6 Å². The number of nitrogens with two attached hydrogens (primary N) is 1. The van der Waals surface area contributed by atoms with Gasteiger partial charge in [0, 0.05) is 0 Å². The lowest BCUT2D eigenvalue weighted by atomic mass is 10.5. The zero-order valence-corrected chi connectivity index (χ0v) is 7.15. The van der Waals surface area contributed by atoms with Crippen molar-refractivity contribution >= 4 is 22.2 Å². The van der Waals surface area contributed by atoms with E-state index in [9.17, 15) is 0 Å². The topological polar surface area (TPSA) is 48.1 Å². The van der Waals surface area contributed by atoms with Crippen molar-refractivity contribution in [3.63, 3.8) is 0 Å². The van der Waals surface area contributed by atoms with Gasteiger partial charge in [-0.05, 0) is 6.92 Å². The van der Waals surface area contributed by atoms with Crippen LogP contribution in [0.3, 0.4) is 0 Å². The first kappa shape index (κ1) is 8.07. The smallest absolute Gasteiger partial charge is 0.180 e. The summed E-state index contributed by atoms with van der Waals surface area (Å²) < 4.78 is 5.16. The van der Waals surface area contributed by atoms with Crippen LogP contribution in [0.4, 0.5) is 5.13 Å². The van der Waals surface area contributed by atoms with Gasteiger partial charge in [0.05, 0.1) is 17.7 Å². The number of anilines is 1. The Balaban J connectivity index is 2.69. The second-order valence-electron chi connectivity index (χ2n) is 1.92. The van der Waals surface area contributed by atoms with E-state index in [1.165, 1.54) is 11.3 Å². The van der Waals surface area contributed by atoms with E-state index in [4.69, 9.17) is 10.5 Å². The van der Waals surface area contributed by atoms with Crippen LogP contribution in [-0.2, 0) is 4.74 Å². The van der Waals surface area contributed by atoms with Gasteiger partial charge in [0.2, 0.25) is 0 Å². The summed E-state index contributed by atoms with van der Waals surface area (Å²) in [6.07, 6.45) is 1.66. The SMILES string of the molecule is C=C(OCC)c1cnc(N)s1. The fourth-order valence-electron chi connectivity index (χ4n) is 0.662. The van der Waals surface area contributed by atoms with Gasteiger partial charge in [-0.15, -0.1) is 0 Å². The molecule has 3 nitrogen and oxygen atoms in total. The van der Waals surface area contributed by atoms with Gasteiger partial charge in [-0.1, -0.05) is 17.9 Å². The van der Waals surface area contributed by atoms with Gasteiger partial charge in [0.1, 0.15) is 5.76 Å². The van der Waals surface area contributed by atoms with Crippen LogP contribution >= 0.6 is 11.3 Å². The minimum atomic E-state index is 0.542. The molecule has 0 amide bonds. The molecule has 0 aromatic carbocycles. The van der Waals surface area contributed by atoms with E-state index >= 15 is 0 Å². The van der Waals surface area contributed by atoms with Crippen molar-refractivity contribution in [1.29, 1.82) is 0 Å². The van der Waals surface area contributed by atoms with Gasteiger partial charge in [-0.25, -0.2) is 4.98 Å². The van der Waals surface area contributed by atoms with Crippen molar-refractivity contribution in [1.82, 2.24) is 4.98 Å². The van der Waals surface area contributed by atoms with Gasteiger partial charge < -0.3 is 10.5 Å². The molecule has 0 spiro atoms. The fraction of sp³-hybridized carbons (Fsp3) is 0.286. The first-order chi connectivity index (χ1) is 5.24. The molecule has 1 rings (SSSR count). The van der Waals surface area contributed by atoms with Crippen molar-refractivity contribution in [2.75, 3.05) is 12.3 Å². The molecule has 1 aromatic heterocycles. The summed E-state index contributed by atoms with van der Waals surface area (Å²) in [5.74, 6) is 0.640. The number of nitrogens with zero attached hydrogens (tertiary/aromatic N) is 1. The summed E-state index contributed by atoms with van der Waals surface area (Å²) in [5, 5.41) is 0.542. The molecule has 0 aliphatic rings. The lowest BCUT2D eigenvalue weighted by molar-refractivity contribution is 0.300. The van der Waals surface area contributed by atoms with E-state index in [1.54, 1.807) is 6.20 Å². The third kappa shape index (κ3) is 1.94. The van der Waals surface area contributed by atoms with Gasteiger partial charge in [0.25, 0.3) is 0 Å². The average molecular weight is 170 g/mol. The molecule has 1 aromatic rings. The number of ether oxygens (including phenoxy) is 1. The molecule has 0 fully saturated rings. The van der Waals surface area contributed by atoms with Crippen LogP contribution in [0.1, 0.15) is 11.8 Å². The lowest BCUT2D eigenvalue weighted by Crippen LogP contribution is -1.85. The number of thiazole rings is 1. The summed E-state index contributed by atoms with van der Waals surface area (Å²) >= 11 is 1.38. The number of aromatic nitrogens is 1. The summed E-state index contributed by atoms with van der Waals surface area (Å²) in [6, 6.07) is 0. The molecule has 0 saturated heterocycles. The maximum Gasteiger partial charge on any atom is 0.180 e. The van der Waals surface area contributed by atoms with Crippen molar-refractivity contribution in [3.05, 3.63) is 17.7 Å². The van der Waals surface area contributed by atoms with Gasteiger partial charge in [0.15, 0.2) is 5.13 Å². The molecule has 4 heteroatoms. The van der Waals surface area contributed by atoms with E-state index in [0.717, 1.165) is 4.88 Å². The third-order valence-corrected chi connectivity index (χ3v) is 1.98. The Bertz CT molecular complexity index is 257. The predicted octanol–water partition coefficient (Wildman–Crippen LogP) is 1.73. The van der Waals surface area contributed by atoms with Crippen molar-refractivity contribution in [2.24, 2.45) is 0 Å². The highest BCUT2D eigenvalue weighted by molar-refractivity contribution is 7.16. The molecule has 0 aliphatic carbocycles. The Labute approximate surface area is 69.5 Å². The lowest BCUT2D eigenvalue weighted by Gasteiger charge is -2.01. The monoisotopic (exact) mass is 170 g/mol. The van der Waals surface area contributed by atoms with Gasteiger partial charge in [-0.3, -0.25) is 0 Å². The van der Waals surface area contributed by atoms with Gasteiger partial charge >= 0.3 is 0 Å². The number of nitrogen functional groups attached to an aromatic ring is 1. The van der Waals surface area contributed by atoms with Gasteiger partial charge in [-0.2, -0.15) is 0 Å². The Kier molecular flexibility index (Phi) is 2.48. The molecule has 0 bridgehead atoms. The highest BCUT2D eigenvalue weighted by Crippen LogP contribution is 2.22. The summed E-state index contributed by atoms with van der Waals surface area (Å²) in [4.78, 5) is 4.77. The first-order valence-electron chi connectivity index (χ1n) is 3.27. The molecule has 0 atom stereocenters. The van der Waals surface area contributed by atoms with E-state index in [1.807, 2.05) is 6.92 Å². The fourth-order valence-corrected chi connectivity index (χ4v) is 1.27. The molecular weight excluding hydrogens is 160 g/mol. The zero-order valence-electron chi connectivity index (χ0n) is 6.33. The van der Waals surface area contributed by atoms with Crippen LogP contribution in [0.25, 0.3) is 5.76 Å². The average Bonchev–Trinajstić information content (AvgIpc) is 2.36. The summed E-state index contributed by atoms with van der Waals surface area (Å²) in [6.45, 7) is 6.25. The largest absolute Gasteiger partial charge is 0.493 e. The normalized spacial score (nSPS) is 9.55. The summed E-state index contributed by atoms with van der Waals surface area (Å²) in [5.41, 5.74) is 5.42. The third-order valence-electron chi connectivity index (χ3n) is 1.12. The molecule has 11 heavy (non-hydrogen) atoms. The molecule has 0 radical (unpaired) electrons. The number of hydrogen-bond acceptors (Lipinski definition) is 4. The highest BCUT2D eigenvalue weighted by Gasteiger charge is 2.02. The second-order valence-corrected chi connectivity index (χ2v) is 2.98. The maximum absolute atomic E-state index is 5.42. The zero-order chi connectivity index (χ0) is 8.27. The van der Waals surface area contributed by atoms with Crippen molar-refractivity contribution < 1.29 is 4.74 Å². The van der Waals surface area contributed by atoms with E-state index in [2.05, 4.69) is 11.6 Å². The quantitative estimate of drug-likeness (QED) is 0.703. The van der Waals surface area contributed by atoms with Crippen LogP contribution < -0.4 is 5.73 Å². The van der Waals surface area contributed by atoms with E-state index < -0.39 is 0 Å². The van der Waals surface area contributed by atoms with Crippen LogP contribution in [0.5, 0.6) is 0 Å². The van der Waals surface area contributed by atoms with E-state index in [-0.39, 0.29) is 0 Å². The first-order valence-corrected chi connectivity index (χ1v) is 4.09. The van der Waals surface area contributed by atoms with Crippen molar-refractivity contribution in [3.8, 4) is 0 Å². The Morgan fingerprint density at radius 2 is 2.64 bits per heavy atom. The standard InChI is InChI=1S/C7H10N2OS/c1-3-10-5(2)6-4-9-7(8)11-6/h4H,2-3H2,1H3,(H2,8,9). The van der Waals surface area contributed by atoms with Crippen LogP contribution in [0.15, 0.2) is 12.8 Å². The minimum Gasteiger partial charge on any atom is -0.493 e. The Morgan fingerprint density at radius 1 is 1.91 bits per heavy atom. The Hall–Kier alpha value is -1.03. The molecule has 0 unspecified atom stereocenters. The number of hydrogen-bond donors (Lipinski definition) is 1. The predicted molar refractivity (Wildman–Crippen MR) is 47.2 cm³/mol. The van der Waals surface area contributed by atoms with Crippen molar-refractivity contribution in [2.45, 2.75) is 6.92 Å². The van der Waals surface area contributed by atoms with E-state index in [0.29, 0.717) is 17.5 Å². The maximum atomic E-state index is 5.42. The molecule has 2 N–H and O–H groups in total. The molecule has 0 aliphatic heterocycles.